The summed E-state index contributed by atoms with van der Waals surface area (Å²) in [6.07, 6.45) is 1.78. The number of nitriles is 1. The van der Waals surface area contributed by atoms with Crippen molar-refractivity contribution in [3.63, 3.8) is 0 Å². The average molecular weight is 318 g/mol. The Hall–Kier alpha value is -0.740. The molecular formula is C9H4FIN2S. The second-order valence-electron chi connectivity index (χ2n) is 2.72. The summed E-state index contributed by atoms with van der Waals surface area (Å²) in [5.74, 6) is -0.354. The molecule has 5 heteroatoms. The maximum atomic E-state index is 13.5. The molecule has 0 saturated carbocycles. The second-order valence-corrected chi connectivity index (χ2v) is 4.43. The fraction of sp³-hybridized carbons (Fsp3) is 0. The lowest BCUT2D eigenvalue weighted by atomic mass is 10.2. The van der Waals surface area contributed by atoms with E-state index >= 15 is 0 Å². The molecule has 0 spiro atoms. The largest absolute Gasteiger partial charge is 0.280 e. The zero-order valence-electron chi connectivity index (χ0n) is 6.87. The Morgan fingerprint density at radius 2 is 2.29 bits per heavy atom. The van der Waals surface area contributed by atoms with E-state index in [4.69, 9.17) is 5.26 Å². The normalized spacial score (nSPS) is 10.4. The highest BCUT2D eigenvalue weighted by Crippen LogP contribution is 2.27. The zero-order valence-corrected chi connectivity index (χ0v) is 9.84. The molecule has 2 rings (SSSR count). The standard InChI is InChI=1S/C9H4FIN2S/c10-8-4-6(5-12)3-7-1-2-13(14-11)9(7)8/h1-4H. The van der Waals surface area contributed by atoms with E-state index < -0.39 is 0 Å². The smallest absolute Gasteiger partial charge is 0.149 e. The molecule has 2 aromatic rings. The third-order valence-electron chi connectivity index (χ3n) is 1.91. The van der Waals surface area contributed by atoms with Gasteiger partial charge < -0.3 is 0 Å². The molecule has 0 bridgehead atoms. The van der Waals surface area contributed by atoms with E-state index in [1.54, 1.807) is 22.3 Å². The number of hydrogen-bond acceptors (Lipinski definition) is 2. The van der Waals surface area contributed by atoms with E-state index in [9.17, 15) is 4.39 Å². The molecule has 0 saturated heterocycles. The first-order valence-corrected chi connectivity index (χ1v) is 7.07. The molecule has 0 amide bonds. The van der Waals surface area contributed by atoms with Crippen LogP contribution in [-0.4, -0.2) is 3.97 Å². The van der Waals surface area contributed by atoms with Gasteiger partial charge in [-0.2, -0.15) is 5.26 Å². The van der Waals surface area contributed by atoms with Gasteiger partial charge in [0, 0.05) is 41.9 Å². The van der Waals surface area contributed by atoms with Crippen molar-refractivity contribution in [2.24, 2.45) is 0 Å². The molecule has 0 aliphatic carbocycles. The van der Waals surface area contributed by atoms with Crippen molar-refractivity contribution in [1.82, 2.24) is 3.97 Å². The van der Waals surface area contributed by atoms with Crippen LogP contribution in [0.5, 0.6) is 0 Å². The Bertz CT molecular complexity index is 529. The summed E-state index contributed by atoms with van der Waals surface area (Å²) >= 11 is 2.08. The molecule has 1 aromatic heterocycles. The van der Waals surface area contributed by atoms with Crippen LogP contribution in [0.15, 0.2) is 24.4 Å². The number of halogens is 2. The topological polar surface area (TPSA) is 28.7 Å². The predicted octanol–water partition coefficient (Wildman–Crippen LogP) is 3.50. The van der Waals surface area contributed by atoms with Gasteiger partial charge in [-0.3, -0.25) is 3.97 Å². The molecule has 0 unspecified atom stereocenters. The summed E-state index contributed by atoms with van der Waals surface area (Å²) in [4.78, 5) is 0. The van der Waals surface area contributed by atoms with Gasteiger partial charge in [0.2, 0.25) is 0 Å². The Morgan fingerprint density at radius 1 is 1.50 bits per heavy atom. The van der Waals surface area contributed by atoms with E-state index in [2.05, 4.69) is 21.2 Å². The van der Waals surface area contributed by atoms with Gasteiger partial charge in [0.05, 0.1) is 17.1 Å². The molecule has 0 aliphatic heterocycles. The van der Waals surface area contributed by atoms with Crippen molar-refractivity contribution in [2.75, 3.05) is 0 Å². The van der Waals surface area contributed by atoms with Gasteiger partial charge in [-0.1, -0.05) is 0 Å². The third kappa shape index (κ3) is 1.48. The number of nitrogens with zero attached hydrogens (tertiary/aromatic N) is 2. The van der Waals surface area contributed by atoms with E-state index in [0.29, 0.717) is 11.1 Å². The highest BCUT2D eigenvalue weighted by atomic mass is 127. The number of benzene rings is 1. The van der Waals surface area contributed by atoms with Crippen LogP contribution in [0.2, 0.25) is 0 Å². The highest BCUT2D eigenvalue weighted by molar-refractivity contribution is 14.2. The quantitative estimate of drug-likeness (QED) is 0.753. The lowest BCUT2D eigenvalue weighted by molar-refractivity contribution is 0.636. The molecule has 2 nitrogen and oxygen atoms in total. The van der Waals surface area contributed by atoms with Crippen molar-refractivity contribution in [3.8, 4) is 6.07 Å². The van der Waals surface area contributed by atoms with E-state index in [1.165, 1.54) is 15.2 Å². The lowest BCUT2D eigenvalue weighted by Gasteiger charge is -1.99. The van der Waals surface area contributed by atoms with Crippen molar-refractivity contribution in [1.29, 1.82) is 5.26 Å². The molecular weight excluding hydrogens is 314 g/mol. The Labute approximate surface area is 96.4 Å². The van der Waals surface area contributed by atoms with Crippen molar-refractivity contribution in [3.05, 3.63) is 35.8 Å². The molecule has 0 fully saturated rings. The maximum Gasteiger partial charge on any atom is 0.149 e. The molecule has 0 aliphatic rings. The average Bonchev–Trinajstić information content (AvgIpc) is 2.61. The molecule has 1 aromatic carbocycles. The van der Waals surface area contributed by atoms with Gasteiger partial charge in [0.15, 0.2) is 0 Å². The maximum absolute atomic E-state index is 13.5. The van der Waals surface area contributed by atoms with Crippen molar-refractivity contribution >= 4 is 41.2 Å². The molecule has 0 atom stereocenters. The minimum atomic E-state index is -0.354. The van der Waals surface area contributed by atoms with Crippen LogP contribution >= 0.6 is 30.3 Å². The van der Waals surface area contributed by atoms with Crippen LogP contribution in [0.1, 0.15) is 5.56 Å². The molecule has 0 radical (unpaired) electrons. The van der Waals surface area contributed by atoms with Gasteiger partial charge >= 0.3 is 0 Å². The first-order chi connectivity index (χ1) is 6.76. The predicted molar refractivity (Wildman–Crippen MR) is 63.6 cm³/mol. The van der Waals surface area contributed by atoms with Gasteiger partial charge in [0.1, 0.15) is 5.82 Å². The van der Waals surface area contributed by atoms with Crippen LogP contribution in [0.4, 0.5) is 4.39 Å². The van der Waals surface area contributed by atoms with Crippen molar-refractivity contribution < 1.29 is 4.39 Å². The summed E-state index contributed by atoms with van der Waals surface area (Å²) < 4.78 is 15.3. The van der Waals surface area contributed by atoms with E-state index in [-0.39, 0.29) is 5.82 Å². The van der Waals surface area contributed by atoms with Crippen molar-refractivity contribution in [2.45, 2.75) is 0 Å². The van der Waals surface area contributed by atoms with Gasteiger partial charge in [-0.05, 0) is 18.2 Å². The van der Waals surface area contributed by atoms with Gasteiger partial charge in [0.25, 0.3) is 0 Å². The monoisotopic (exact) mass is 318 g/mol. The van der Waals surface area contributed by atoms with Crippen LogP contribution in [-0.2, 0) is 0 Å². The van der Waals surface area contributed by atoms with Gasteiger partial charge in [-0.25, -0.2) is 4.39 Å². The summed E-state index contributed by atoms with van der Waals surface area (Å²) in [5, 5.41) is 9.41. The molecule has 0 N–H and O–H groups in total. The number of fused-ring (bicyclic) bond motifs is 1. The Balaban J connectivity index is 2.80. The molecule has 70 valence electrons. The van der Waals surface area contributed by atoms with Gasteiger partial charge in [-0.15, -0.1) is 0 Å². The van der Waals surface area contributed by atoms with Crippen LogP contribution in [0.3, 0.4) is 0 Å². The SMILES string of the molecule is N#Cc1cc(F)c2c(ccn2SI)c1. The first kappa shape index (κ1) is 9.80. The Morgan fingerprint density at radius 3 is 2.93 bits per heavy atom. The number of rotatable bonds is 1. The number of hydrogen-bond donors (Lipinski definition) is 0. The fourth-order valence-electron chi connectivity index (χ4n) is 1.32. The van der Waals surface area contributed by atoms with Crippen LogP contribution < -0.4 is 0 Å². The fourth-order valence-corrected chi connectivity index (χ4v) is 2.68. The molecule has 14 heavy (non-hydrogen) atoms. The minimum absolute atomic E-state index is 0.353. The minimum Gasteiger partial charge on any atom is -0.280 e. The summed E-state index contributed by atoms with van der Waals surface area (Å²) in [6, 6.07) is 6.66. The second kappa shape index (κ2) is 3.79. The number of aromatic nitrogens is 1. The third-order valence-corrected chi connectivity index (χ3v) is 3.63. The van der Waals surface area contributed by atoms with E-state index in [1.807, 2.05) is 6.07 Å². The Kier molecular flexibility index (Phi) is 2.65. The zero-order chi connectivity index (χ0) is 10.1. The lowest BCUT2D eigenvalue weighted by Crippen LogP contribution is -1.86. The van der Waals surface area contributed by atoms with E-state index in [0.717, 1.165) is 5.39 Å². The van der Waals surface area contributed by atoms with Crippen LogP contribution in [0.25, 0.3) is 10.9 Å². The summed E-state index contributed by atoms with van der Waals surface area (Å²) in [5.41, 5.74) is 0.884. The van der Waals surface area contributed by atoms with Crippen LogP contribution in [0, 0.1) is 17.1 Å². The summed E-state index contributed by atoms with van der Waals surface area (Å²) in [7, 11) is 1.40. The first-order valence-electron chi connectivity index (χ1n) is 3.76. The summed E-state index contributed by atoms with van der Waals surface area (Å²) in [6.45, 7) is 0. The highest BCUT2D eigenvalue weighted by Gasteiger charge is 2.08. The molecule has 1 heterocycles.